The number of aromatic carboxylic acids is 1. The Hall–Kier alpha value is -2.91. The number of carbonyl (C=O) groups excluding carboxylic acids is 1. The zero-order valence-corrected chi connectivity index (χ0v) is 11.4. The third-order valence-electron chi connectivity index (χ3n) is 2.66. The summed E-state index contributed by atoms with van der Waals surface area (Å²) in [4.78, 5) is 30.9. The molecule has 0 saturated heterocycles. The molecule has 0 spiro atoms. The van der Waals surface area contributed by atoms with Crippen molar-refractivity contribution in [2.45, 2.75) is 13.1 Å². The first-order valence-corrected chi connectivity index (χ1v) is 6.17. The third kappa shape index (κ3) is 4.03. The van der Waals surface area contributed by atoms with Gasteiger partial charge in [0.05, 0.1) is 19.3 Å². The van der Waals surface area contributed by atoms with E-state index in [-0.39, 0.29) is 11.7 Å². The second-order valence-corrected chi connectivity index (χ2v) is 4.30. The van der Waals surface area contributed by atoms with Gasteiger partial charge in [-0.1, -0.05) is 5.21 Å². The van der Waals surface area contributed by atoms with Crippen molar-refractivity contribution >= 4 is 12.0 Å². The summed E-state index contributed by atoms with van der Waals surface area (Å²) in [6.07, 6.45) is 4.61. The largest absolute Gasteiger partial charge is 0.476 e. The van der Waals surface area contributed by atoms with Crippen molar-refractivity contribution in [2.75, 3.05) is 13.6 Å². The predicted molar refractivity (Wildman–Crippen MR) is 70.4 cm³/mol. The Kier molecular flexibility index (Phi) is 4.49. The Morgan fingerprint density at radius 2 is 2.33 bits per heavy atom. The highest BCUT2D eigenvalue weighted by molar-refractivity contribution is 5.84. The molecule has 0 atom stereocenters. The summed E-state index contributed by atoms with van der Waals surface area (Å²) < 4.78 is 1.36. The molecule has 10 nitrogen and oxygen atoms in total. The van der Waals surface area contributed by atoms with E-state index < -0.39 is 5.97 Å². The molecule has 21 heavy (non-hydrogen) atoms. The average molecular weight is 293 g/mol. The first-order chi connectivity index (χ1) is 10.1. The fourth-order valence-electron chi connectivity index (χ4n) is 1.60. The lowest BCUT2D eigenvalue weighted by Crippen LogP contribution is -2.38. The number of aromatic amines is 1. The lowest BCUT2D eigenvalue weighted by molar-refractivity contribution is 0.0690. The van der Waals surface area contributed by atoms with E-state index >= 15 is 0 Å². The predicted octanol–water partition coefficient (Wildman–Crippen LogP) is -0.459. The van der Waals surface area contributed by atoms with Crippen LogP contribution < -0.4 is 5.32 Å². The zero-order valence-electron chi connectivity index (χ0n) is 11.4. The molecule has 0 aliphatic rings. The number of rotatable bonds is 6. The molecule has 2 aromatic heterocycles. The summed E-state index contributed by atoms with van der Waals surface area (Å²) >= 11 is 0. The minimum atomic E-state index is -1.14. The number of hydrogen-bond acceptors (Lipinski definition) is 5. The molecule has 0 aliphatic heterocycles. The minimum absolute atomic E-state index is 0.128. The van der Waals surface area contributed by atoms with Gasteiger partial charge in [-0.2, -0.15) is 0 Å². The van der Waals surface area contributed by atoms with Crippen LogP contribution in [0.5, 0.6) is 0 Å². The lowest BCUT2D eigenvalue weighted by atomic mass is 10.5. The van der Waals surface area contributed by atoms with Crippen molar-refractivity contribution in [1.29, 1.82) is 0 Å². The van der Waals surface area contributed by atoms with E-state index in [0.717, 1.165) is 0 Å². The van der Waals surface area contributed by atoms with Crippen LogP contribution in [0.1, 0.15) is 16.3 Å². The van der Waals surface area contributed by atoms with Crippen molar-refractivity contribution in [2.24, 2.45) is 0 Å². The molecule has 0 radical (unpaired) electrons. The second-order valence-electron chi connectivity index (χ2n) is 4.30. The highest BCUT2D eigenvalue weighted by atomic mass is 16.4. The van der Waals surface area contributed by atoms with Gasteiger partial charge in [-0.3, -0.25) is 0 Å². The molecule has 2 heterocycles. The van der Waals surface area contributed by atoms with Gasteiger partial charge in [0.1, 0.15) is 5.82 Å². The van der Waals surface area contributed by atoms with Gasteiger partial charge < -0.3 is 20.3 Å². The maximum Gasteiger partial charge on any atom is 0.358 e. The van der Waals surface area contributed by atoms with E-state index in [2.05, 4.69) is 25.6 Å². The van der Waals surface area contributed by atoms with Crippen LogP contribution in [0.2, 0.25) is 0 Å². The molecule has 10 heteroatoms. The molecular formula is C11H15N7O3. The Labute approximate surface area is 119 Å². The highest BCUT2D eigenvalue weighted by Crippen LogP contribution is 1.96. The van der Waals surface area contributed by atoms with Gasteiger partial charge in [0.25, 0.3) is 0 Å². The zero-order chi connectivity index (χ0) is 15.2. The molecule has 0 saturated carbocycles. The van der Waals surface area contributed by atoms with Crippen LogP contribution >= 0.6 is 0 Å². The van der Waals surface area contributed by atoms with Crippen LogP contribution in [-0.4, -0.2) is 60.6 Å². The number of hydrogen-bond donors (Lipinski definition) is 3. The van der Waals surface area contributed by atoms with Gasteiger partial charge in [-0.25, -0.2) is 19.3 Å². The van der Waals surface area contributed by atoms with Gasteiger partial charge in [0, 0.05) is 26.0 Å². The summed E-state index contributed by atoms with van der Waals surface area (Å²) in [5.41, 5.74) is -0.128. The van der Waals surface area contributed by atoms with E-state index in [9.17, 15) is 9.59 Å². The number of amides is 2. The van der Waals surface area contributed by atoms with Crippen molar-refractivity contribution in [1.82, 2.24) is 35.2 Å². The second kappa shape index (κ2) is 6.50. The number of nitrogens with one attached hydrogen (secondary N) is 2. The molecule has 2 rings (SSSR count). The molecule has 3 N–H and O–H groups in total. The van der Waals surface area contributed by atoms with Crippen molar-refractivity contribution < 1.29 is 14.7 Å². The fraction of sp³-hybridized carbons (Fsp3) is 0.364. The van der Waals surface area contributed by atoms with E-state index in [4.69, 9.17) is 5.11 Å². The van der Waals surface area contributed by atoms with Gasteiger partial charge in [0.2, 0.25) is 0 Å². The lowest BCUT2D eigenvalue weighted by Gasteiger charge is -2.16. The fourth-order valence-corrected chi connectivity index (χ4v) is 1.60. The van der Waals surface area contributed by atoms with Crippen LogP contribution in [0.15, 0.2) is 18.6 Å². The molecule has 2 aromatic rings. The molecule has 112 valence electrons. The summed E-state index contributed by atoms with van der Waals surface area (Å²) in [5, 5.41) is 18.5. The van der Waals surface area contributed by atoms with E-state index in [1.807, 2.05) is 0 Å². The monoisotopic (exact) mass is 293 g/mol. The number of carbonyl (C=O) groups is 2. The summed E-state index contributed by atoms with van der Waals surface area (Å²) in [5.74, 6) is -0.446. The average Bonchev–Trinajstić information content (AvgIpc) is 3.09. The molecule has 0 aliphatic carbocycles. The van der Waals surface area contributed by atoms with Crippen LogP contribution in [0, 0.1) is 0 Å². The van der Waals surface area contributed by atoms with Gasteiger partial charge in [-0.15, -0.1) is 5.10 Å². The summed E-state index contributed by atoms with van der Waals surface area (Å²) in [7, 11) is 1.65. The van der Waals surface area contributed by atoms with Crippen LogP contribution in [0.4, 0.5) is 4.79 Å². The number of H-pyrrole nitrogens is 1. The van der Waals surface area contributed by atoms with E-state index in [1.54, 1.807) is 19.4 Å². The minimum Gasteiger partial charge on any atom is -0.476 e. The topological polar surface area (TPSA) is 129 Å². The van der Waals surface area contributed by atoms with E-state index in [0.29, 0.717) is 25.5 Å². The highest BCUT2D eigenvalue weighted by Gasteiger charge is 2.11. The quantitative estimate of drug-likeness (QED) is 0.661. The van der Waals surface area contributed by atoms with Crippen molar-refractivity contribution in [3.8, 4) is 0 Å². The van der Waals surface area contributed by atoms with Crippen LogP contribution in [0.25, 0.3) is 0 Å². The maximum atomic E-state index is 11.8. The van der Waals surface area contributed by atoms with Gasteiger partial charge in [-0.05, 0) is 0 Å². The number of imidazole rings is 1. The number of carboxylic acids is 1. The molecule has 0 bridgehead atoms. The SMILES string of the molecule is CN(Cc1ncc[nH]1)C(=O)NCCn1cc(C(=O)O)nn1. The van der Waals surface area contributed by atoms with E-state index in [1.165, 1.54) is 15.8 Å². The first-order valence-electron chi connectivity index (χ1n) is 6.17. The summed E-state index contributed by atoms with van der Waals surface area (Å²) in [6.45, 7) is 1.01. The molecule has 0 unspecified atom stereocenters. The molecule has 0 fully saturated rings. The summed E-state index contributed by atoms with van der Waals surface area (Å²) in [6, 6.07) is -0.259. The Balaban J connectivity index is 1.74. The van der Waals surface area contributed by atoms with Crippen molar-refractivity contribution in [3.05, 3.63) is 30.1 Å². The number of urea groups is 1. The van der Waals surface area contributed by atoms with Crippen LogP contribution in [0.3, 0.4) is 0 Å². The molecule has 2 amide bonds. The standard InChI is InChI=1S/C11H15N7O3/c1-17(7-9-12-2-3-13-9)11(21)14-4-5-18-6-8(10(19)20)15-16-18/h2-3,6H,4-5,7H2,1H3,(H,12,13)(H,14,21)(H,19,20). The third-order valence-corrected chi connectivity index (χ3v) is 2.66. The van der Waals surface area contributed by atoms with Gasteiger partial charge in [0.15, 0.2) is 5.69 Å². The maximum absolute atomic E-state index is 11.8. The Morgan fingerprint density at radius 3 is 2.95 bits per heavy atom. The number of carboxylic acid groups (broad SMARTS) is 1. The first kappa shape index (κ1) is 14.5. The van der Waals surface area contributed by atoms with Gasteiger partial charge >= 0.3 is 12.0 Å². The van der Waals surface area contributed by atoms with Crippen molar-refractivity contribution in [3.63, 3.8) is 0 Å². The van der Waals surface area contributed by atoms with Crippen LogP contribution in [-0.2, 0) is 13.1 Å². The molecule has 0 aromatic carbocycles. The molecular weight excluding hydrogens is 278 g/mol. The number of aromatic nitrogens is 5. The smallest absolute Gasteiger partial charge is 0.358 e. The Morgan fingerprint density at radius 1 is 1.52 bits per heavy atom. The normalized spacial score (nSPS) is 10.3. The Bertz CT molecular complexity index is 607. The number of nitrogens with zero attached hydrogens (tertiary/aromatic N) is 5.